The molecule has 0 fully saturated rings. The third-order valence-corrected chi connectivity index (χ3v) is 2.58. The maximum absolute atomic E-state index is 10.9. The van der Waals surface area contributed by atoms with Crippen molar-refractivity contribution in [2.24, 2.45) is 0 Å². The fourth-order valence-electron chi connectivity index (χ4n) is 1.61. The molecule has 118 valence electrons. The Kier molecular flexibility index (Phi) is 8.15. The zero-order valence-electron chi connectivity index (χ0n) is 12.5. The van der Waals surface area contributed by atoms with E-state index in [1.165, 1.54) is 12.1 Å². The van der Waals surface area contributed by atoms with Crippen molar-refractivity contribution in [1.82, 2.24) is 0 Å². The lowest BCUT2D eigenvalue weighted by Crippen LogP contribution is -2.12. The SMILES string of the molecule is CCCOc1cc(NCCOCCOC)cc([N+](=O)[O-])c1. The Labute approximate surface area is 124 Å². The number of non-ortho nitro benzene ring substituents is 1. The first-order valence-electron chi connectivity index (χ1n) is 6.90. The van der Waals surface area contributed by atoms with Crippen molar-refractivity contribution in [3.8, 4) is 5.75 Å². The second-order valence-corrected chi connectivity index (χ2v) is 4.35. The number of methoxy groups -OCH3 is 1. The van der Waals surface area contributed by atoms with E-state index in [2.05, 4.69) is 5.32 Å². The Bertz CT molecular complexity index is 439. The van der Waals surface area contributed by atoms with E-state index in [0.717, 1.165) is 6.42 Å². The van der Waals surface area contributed by atoms with Gasteiger partial charge in [0, 0.05) is 31.5 Å². The lowest BCUT2D eigenvalue weighted by atomic mass is 10.2. The highest BCUT2D eigenvalue weighted by Gasteiger charge is 2.10. The number of hydrogen-bond acceptors (Lipinski definition) is 6. The summed E-state index contributed by atoms with van der Waals surface area (Å²) in [5.74, 6) is 0.494. The van der Waals surface area contributed by atoms with Gasteiger partial charge in [0.25, 0.3) is 5.69 Å². The highest BCUT2D eigenvalue weighted by molar-refractivity contribution is 5.56. The molecule has 0 aromatic heterocycles. The molecule has 0 bridgehead atoms. The van der Waals surface area contributed by atoms with E-state index in [9.17, 15) is 10.1 Å². The van der Waals surface area contributed by atoms with Gasteiger partial charge in [-0.1, -0.05) is 6.92 Å². The minimum Gasteiger partial charge on any atom is -0.493 e. The molecular formula is C14H22N2O5. The summed E-state index contributed by atoms with van der Waals surface area (Å²) in [6.45, 7) is 4.63. The van der Waals surface area contributed by atoms with E-state index < -0.39 is 4.92 Å². The van der Waals surface area contributed by atoms with Crippen LogP contribution in [0.15, 0.2) is 18.2 Å². The van der Waals surface area contributed by atoms with Crippen molar-refractivity contribution < 1.29 is 19.1 Å². The van der Waals surface area contributed by atoms with Gasteiger partial charge in [-0.05, 0) is 6.42 Å². The Hall–Kier alpha value is -1.86. The number of hydrogen-bond donors (Lipinski definition) is 1. The smallest absolute Gasteiger partial charge is 0.275 e. The number of anilines is 1. The van der Waals surface area contributed by atoms with Crippen LogP contribution in [0.5, 0.6) is 5.75 Å². The van der Waals surface area contributed by atoms with Gasteiger partial charge in [0.1, 0.15) is 5.75 Å². The van der Waals surface area contributed by atoms with Gasteiger partial charge in [0.2, 0.25) is 0 Å². The van der Waals surface area contributed by atoms with Crippen LogP contribution in [0.3, 0.4) is 0 Å². The van der Waals surface area contributed by atoms with Crippen molar-refractivity contribution in [3.05, 3.63) is 28.3 Å². The Morgan fingerprint density at radius 2 is 2.00 bits per heavy atom. The summed E-state index contributed by atoms with van der Waals surface area (Å²) in [7, 11) is 1.61. The van der Waals surface area contributed by atoms with E-state index in [0.29, 0.717) is 44.4 Å². The average Bonchev–Trinajstić information content (AvgIpc) is 2.48. The number of nitrogens with zero attached hydrogens (tertiary/aromatic N) is 1. The molecule has 1 aromatic carbocycles. The van der Waals surface area contributed by atoms with Gasteiger partial charge in [0.05, 0.1) is 37.4 Å². The maximum atomic E-state index is 10.9. The molecular weight excluding hydrogens is 276 g/mol. The summed E-state index contributed by atoms with van der Waals surface area (Å²) in [4.78, 5) is 10.5. The van der Waals surface area contributed by atoms with Crippen molar-refractivity contribution in [1.29, 1.82) is 0 Å². The lowest BCUT2D eigenvalue weighted by molar-refractivity contribution is -0.384. The molecule has 0 spiro atoms. The van der Waals surface area contributed by atoms with E-state index in [-0.39, 0.29) is 5.69 Å². The summed E-state index contributed by atoms with van der Waals surface area (Å²) in [6.07, 6.45) is 0.846. The number of nitrogens with one attached hydrogen (secondary N) is 1. The number of nitro groups is 1. The molecule has 1 N–H and O–H groups in total. The molecule has 0 amide bonds. The third-order valence-electron chi connectivity index (χ3n) is 2.58. The lowest BCUT2D eigenvalue weighted by Gasteiger charge is -2.10. The highest BCUT2D eigenvalue weighted by atomic mass is 16.6. The van der Waals surface area contributed by atoms with Crippen LogP contribution in [0, 0.1) is 10.1 Å². The summed E-state index contributed by atoms with van der Waals surface area (Å²) < 4.78 is 15.6. The van der Waals surface area contributed by atoms with Gasteiger partial charge < -0.3 is 19.5 Å². The minimum atomic E-state index is -0.431. The van der Waals surface area contributed by atoms with Crippen LogP contribution in [-0.4, -0.2) is 45.0 Å². The van der Waals surface area contributed by atoms with Gasteiger partial charge in [-0.3, -0.25) is 10.1 Å². The van der Waals surface area contributed by atoms with Crippen LogP contribution in [0.4, 0.5) is 11.4 Å². The Morgan fingerprint density at radius 1 is 1.19 bits per heavy atom. The quantitative estimate of drug-likeness (QED) is 0.384. The highest BCUT2D eigenvalue weighted by Crippen LogP contribution is 2.26. The van der Waals surface area contributed by atoms with Crippen molar-refractivity contribution >= 4 is 11.4 Å². The van der Waals surface area contributed by atoms with Crippen LogP contribution in [-0.2, 0) is 9.47 Å². The van der Waals surface area contributed by atoms with Crippen LogP contribution in [0.1, 0.15) is 13.3 Å². The predicted molar refractivity (Wildman–Crippen MR) is 80.1 cm³/mol. The molecule has 1 rings (SSSR count). The molecule has 0 heterocycles. The van der Waals surface area contributed by atoms with Crippen molar-refractivity contribution in [2.45, 2.75) is 13.3 Å². The first-order chi connectivity index (χ1) is 10.2. The molecule has 0 saturated carbocycles. The summed E-state index contributed by atoms with van der Waals surface area (Å²) in [6, 6.07) is 4.65. The molecule has 0 atom stereocenters. The van der Waals surface area contributed by atoms with E-state index in [1.54, 1.807) is 13.2 Å². The molecule has 0 radical (unpaired) electrons. The zero-order chi connectivity index (χ0) is 15.5. The molecule has 1 aromatic rings. The molecule has 7 heteroatoms. The fraction of sp³-hybridized carbons (Fsp3) is 0.571. The average molecular weight is 298 g/mol. The Morgan fingerprint density at radius 3 is 2.67 bits per heavy atom. The number of ether oxygens (including phenoxy) is 3. The van der Waals surface area contributed by atoms with E-state index >= 15 is 0 Å². The van der Waals surface area contributed by atoms with Crippen LogP contribution < -0.4 is 10.1 Å². The monoisotopic (exact) mass is 298 g/mol. The zero-order valence-corrected chi connectivity index (χ0v) is 12.5. The summed E-state index contributed by atoms with van der Waals surface area (Å²) >= 11 is 0. The minimum absolute atomic E-state index is 0.00593. The van der Waals surface area contributed by atoms with Gasteiger partial charge in [0.15, 0.2) is 0 Å². The molecule has 0 unspecified atom stereocenters. The first kappa shape index (κ1) is 17.2. The van der Waals surface area contributed by atoms with E-state index in [4.69, 9.17) is 14.2 Å². The second-order valence-electron chi connectivity index (χ2n) is 4.35. The third kappa shape index (κ3) is 6.92. The molecule has 7 nitrogen and oxygen atoms in total. The Balaban J connectivity index is 2.54. The van der Waals surface area contributed by atoms with Gasteiger partial charge in [-0.2, -0.15) is 0 Å². The standard InChI is InChI=1S/C14H22N2O5/c1-3-5-21-14-10-12(9-13(11-14)16(17)18)15-4-6-20-8-7-19-2/h9-11,15H,3-8H2,1-2H3. The molecule has 21 heavy (non-hydrogen) atoms. The van der Waals surface area contributed by atoms with Crippen molar-refractivity contribution in [2.75, 3.05) is 45.4 Å². The second kappa shape index (κ2) is 9.95. The van der Waals surface area contributed by atoms with Crippen LogP contribution >= 0.6 is 0 Å². The normalized spacial score (nSPS) is 10.4. The molecule has 0 saturated heterocycles. The molecule has 0 aliphatic rings. The van der Waals surface area contributed by atoms with Gasteiger partial charge >= 0.3 is 0 Å². The number of nitro benzene ring substituents is 1. The summed E-state index contributed by atoms with van der Waals surface area (Å²) in [5.41, 5.74) is 0.650. The predicted octanol–water partition coefficient (Wildman–Crippen LogP) is 2.46. The fourth-order valence-corrected chi connectivity index (χ4v) is 1.61. The number of rotatable bonds is 11. The molecule has 0 aliphatic heterocycles. The first-order valence-corrected chi connectivity index (χ1v) is 6.90. The largest absolute Gasteiger partial charge is 0.493 e. The van der Waals surface area contributed by atoms with Crippen molar-refractivity contribution in [3.63, 3.8) is 0 Å². The van der Waals surface area contributed by atoms with Gasteiger partial charge in [-0.15, -0.1) is 0 Å². The van der Waals surface area contributed by atoms with Gasteiger partial charge in [-0.25, -0.2) is 0 Å². The van der Waals surface area contributed by atoms with Crippen LogP contribution in [0.2, 0.25) is 0 Å². The molecule has 0 aliphatic carbocycles. The summed E-state index contributed by atoms with van der Waals surface area (Å²) in [5, 5.41) is 14.0. The number of benzene rings is 1. The van der Waals surface area contributed by atoms with Crippen LogP contribution in [0.25, 0.3) is 0 Å². The maximum Gasteiger partial charge on any atom is 0.275 e. The van der Waals surface area contributed by atoms with E-state index in [1.807, 2.05) is 6.92 Å². The topological polar surface area (TPSA) is 82.9 Å².